The van der Waals surface area contributed by atoms with Crippen LogP contribution in [0.3, 0.4) is 0 Å². The number of aliphatic hydroxyl groups excluding tert-OH is 2. The minimum atomic E-state index is -0.821. The van der Waals surface area contributed by atoms with Crippen molar-refractivity contribution >= 4 is 12.1 Å². The smallest absolute Gasteiger partial charge is 0.410 e. The number of amides is 1. The first-order valence-electron chi connectivity index (χ1n) is 16.2. The fraction of sp³-hybridized carbons (Fsp3) is 0.765. The lowest BCUT2D eigenvalue weighted by atomic mass is 9.92. The van der Waals surface area contributed by atoms with E-state index in [1.807, 2.05) is 72.9 Å². The molecule has 2 heterocycles. The molecule has 2 N–H and O–H groups in total. The third-order valence-corrected chi connectivity index (χ3v) is 8.62. The topological polar surface area (TPSA) is 109 Å². The van der Waals surface area contributed by atoms with Gasteiger partial charge < -0.3 is 34.2 Å². The van der Waals surface area contributed by atoms with Gasteiger partial charge in [-0.1, -0.05) is 52.0 Å². The number of carbonyl (C=O) groups is 2. The second kappa shape index (κ2) is 18.6. The van der Waals surface area contributed by atoms with Gasteiger partial charge in [0.25, 0.3) is 0 Å². The molecule has 0 saturated carbocycles. The summed E-state index contributed by atoms with van der Waals surface area (Å²) >= 11 is 0. The Balaban J connectivity index is 2.13. The zero-order valence-corrected chi connectivity index (χ0v) is 27.8. The molecule has 0 bridgehead atoms. The predicted molar refractivity (Wildman–Crippen MR) is 170 cm³/mol. The van der Waals surface area contributed by atoms with Crippen molar-refractivity contribution in [2.45, 2.75) is 117 Å². The third kappa shape index (κ3) is 13.1. The fourth-order valence-electron chi connectivity index (χ4n) is 5.57. The van der Waals surface area contributed by atoms with Crippen LogP contribution in [0.5, 0.6) is 0 Å². The third-order valence-electron chi connectivity index (χ3n) is 8.62. The van der Waals surface area contributed by atoms with Crippen molar-refractivity contribution in [2.75, 3.05) is 33.2 Å². The minimum Gasteiger partial charge on any atom is -0.457 e. The molecule has 0 aliphatic carbocycles. The molecule has 2 rings (SSSR count). The zero-order valence-electron chi connectivity index (χ0n) is 27.8. The van der Waals surface area contributed by atoms with E-state index in [-0.39, 0.29) is 42.5 Å². The zero-order chi connectivity index (χ0) is 32.1. The molecule has 1 amide bonds. The molecule has 1 fully saturated rings. The van der Waals surface area contributed by atoms with Gasteiger partial charge in [-0.25, -0.2) is 4.79 Å². The number of aliphatic hydroxyl groups is 2. The molecule has 2 aliphatic rings. The highest BCUT2D eigenvalue weighted by Gasteiger charge is 2.29. The Hall–Kier alpha value is -2.20. The maximum atomic E-state index is 13.0. The highest BCUT2D eigenvalue weighted by Crippen LogP contribution is 2.25. The maximum absolute atomic E-state index is 13.0. The lowest BCUT2D eigenvalue weighted by molar-refractivity contribution is -0.151. The summed E-state index contributed by atoms with van der Waals surface area (Å²) in [5.41, 5.74) is 0.878. The maximum Gasteiger partial charge on any atom is 0.410 e. The van der Waals surface area contributed by atoms with Crippen LogP contribution in [0.15, 0.2) is 36.0 Å². The van der Waals surface area contributed by atoms with Crippen molar-refractivity contribution in [2.24, 2.45) is 17.8 Å². The van der Waals surface area contributed by atoms with E-state index in [2.05, 4.69) is 17.9 Å². The number of nitrogens with zero attached hydrogens (tertiary/aromatic N) is 2. The van der Waals surface area contributed by atoms with Crippen LogP contribution in [0.4, 0.5) is 4.79 Å². The van der Waals surface area contributed by atoms with Crippen molar-refractivity contribution < 1.29 is 34.0 Å². The molecule has 2 aliphatic heterocycles. The van der Waals surface area contributed by atoms with Crippen LogP contribution in [0, 0.1) is 17.8 Å². The van der Waals surface area contributed by atoms with Crippen LogP contribution in [0.25, 0.3) is 0 Å². The van der Waals surface area contributed by atoms with Gasteiger partial charge in [0.2, 0.25) is 0 Å². The highest BCUT2D eigenvalue weighted by atomic mass is 16.6. The monoisotopic (exact) mass is 606 g/mol. The number of carbonyl (C=O) groups excluding carboxylic acids is 2. The Bertz CT molecular complexity index is 943. The lowest BCUT2D eigenvalue weighted by Gasteiger charge is -2.33. The molecule has 0 aromatic carbocycles. The molecule has 0 radical (unpaired) electrons. The number of esters is 1. The summed E-state index contributed by atoms with van der Waals surface area (Å²) in [6, 6.07) is 0. The van der Waals surface area contributed by atoms with Crippen LogP contribution in [-0.2, 0) is 19.0 Å². The van der Waals surface area contributed by atoms with E-state index in [0.717, 1.165) is 25.1 Å². The van der Waals surface area contributed by atoms with Crippen molar-refractivity contribution in [1.29, 1.82) is 0 Å². The molecule has 43 heavy (non-hydrogen) atoms. The molecule has 1 saturated heterocycles. The van der Waals surface area contributed by atoms with E-state index < -0.39 is 30.4 Å². The highest BCUT2D eigenvalue weighted by molar-refractivity contribution is 5.70. The van der Waals surface area contributed by atoms with E-state index in [1.54, 1.807) is 4.90 Å². The number of piperazine rings is 1. The largest absolute Gasteiger partial charge is 0.457 e. The van der Waals surface area contributed by atoms with Gasteiger partial charge >= 0.3 is 12.1 Å². The number of likely N-dealkylation sites (N-methyl/N-ethyl adjacent to an activating group) is 1. The summed E-state index contributed by atoms with van der Waals surface area (Å²) in [5, 5.41) is 20.5. The first-order valence-corrected chi connectivity index (χ1v) is 16.2. The standard InChI is InChI=1S/C34H58N2O7/c1-9-30(38)28(7)41-27(6)21-23(2)11-10-12-25(4)33-26(5)14-16-31(24(3)13-15-29(37)22-32(39)43-33)42-34(40)36-19-17-35(8)18-20-36/h10-12,14,16,23-24,26-31,33,37-38H,9,13,15,17-22H2,1-8H3/b11-10+,16-14+,25-12+/t23?,24-,26?,27?,28+,29?,30-,31-,33+/m0/s1. The SMILES string of the molecule is CC[C@H](O)[C@@H](C)OC(C)CC(C)/C=C/C=C(\C)[C@H]1OC(=O)CC(O)CC[C@H](C)[C@@H](OC(=O)N2CCN(C)CC2)/C=C/C1C. The van der Waals surface area contributed by atoms with Crippen LogP contribution in [0.2, 0.25) is 0 Å². The number of ether oxygens (including phenoxy) is 3. The second-order valence-corrected chi connectivity index (χ2v) is 12.8. The molecule has 9 atom stereocenters. The Morgan fingerprint density at radius 2 is 1.81 bits per heavy atom. The molecule has 0 aromatic rings. The number of hydrogen-bond donors (Lipinski definition) is 2. The Morgan fingerprint density at radius 1 is 1.14 bits per heavy atom. The van der Waals surface area contributed by atoms with Crippen molar-refractivity contribution in [3.63, 3.8) is 0 Å². The van der Waals surface area contributed by atoms with E-state index in [1.165, 1.54) is 0 Å². The van der Waals surface area contributed by atoms with Gasteiger partial charge in [0, 0.05) is 32.1 Å². The Labute approximate surface area is 259 Å². The first-order chi connectivity index (χ1) is 20.3. The second-order valence-electron chi connectivity index (χ2n) is 12.8. The Morgan fingerprint density at radius 3 is 2.47 bits per heavy atom. The van der Waals surface area contributed by atoms with Crippen LogP contribution < -0.4 is 0 Å². The molecule has 0 spiro atoms. The van der Waals surface area contributed by atoms with Gasteiger partial charge in [0.1, 0.15) is 12.2 Å². The van der Waals surface area contributed by atoms with Crippen LogP contribution >= 0.6 is 0 Å². The summed E-state index contributed by atoms with van der Waals surface area (Å²) in [6.07, 6.45) is 9.57. The van der Waals surface area contributed by atoms with Gasteiger partial charge in [-0.3, -0.25) is 4.79 Å². The number of cyclic esters (lactones) is 1. The molecular weight excluding hydrogens is 548 g/mol. The van der Waals surface area contributed by atoms with E-state index in [4.69, 9.17) is 14.2 Å². The minimum absolute atomic E-state index is 0.00506. The quantitative estimate of drug-likeness (QED) is 0.201. The number of allylic oxidation sites excluding steroid dienone is 3. The van der Waals surface area contributed by atoms with Crippen molar-refractivity contribution in [3.8, 4) is 0 Å². The van der Waals surface area contributed by atoms with Crippen LogP contribution in [0.1, 0.15) is 80.6 Å². The van der Waals surface area contributed by atoms with Gasteiger partial charge in [-0.2, -0.15) is 0 Å². The normalized spacial score (nSPS) is 30.5. The summed E-state index contributed by atoms with van der Waals surface area (Å²) in [4.78, 5) is 29.7. The van der Waals surface area contributed by atoms with E-state index >= 15 is 0 Å². The van der Waals surface area contributed by atoms with Gasteiger partial charge in [0.05, 0.1) is 30.8 Å². The summed E-state index contributed by atoms with van der Waals surface area (Å²) in [6.45, 7) is 16.8. The average Bonchev–Trinajstić information content (AvgIpc) is 2.95. The lowest BCUT2D eigenvalue weighted by Crippen LogP contribution is -2.48. The molecule has 9 nitrogen and oxygen atoms in total. The number of hydrogen-bond acceptors (Lipinski definition) is 8. The van der Waals surface area contributed by atoms with Crippen molar-refractivity contribution in [1.82, 2.24) is 9.80 Å². The average molecular weight is 607 g/mol. The van der Waals surface area contributed by atoms with Crippen LogP contribution in [-0.4, -0.2) is 102 Å². The molecule has 4 unspecified atom stereocenters. The van der Waals surface area contributed by atoms with Crippen molar-refractivity contribution in [3.05, 3.63) is 36.0 Å². The predicted octanol–water partition coefficient (Wildman–Crippen LogP) is 5.12. The molecule has 9 heteroatoms. The first kappa shape index (κ1) is 37.0. The molecule has 0 aromatic heterocycles. The van der Waals surface area contributed by atoms with E-state index in [0.29, 0.717) is 32.4 Å². The van der Waals surface area contributed by atoms with Gasteiger partial charge in [-0.05, 0) is 77.0 Å². The molecular formula is C34H58N2O7. The van der Waals surface area contributed by atoms with Gasteiger partial charge in [0.15, 0.2) is 0 Å². The number of rotatable bonds is 10. The summed E-state index contributed by atoms with van der Waals surface area (Å²) in [7, 11) is 2.04. The van der Waals surface area contributed by atoms with Gasteiger partial charge in [-0.15, -0.1) is 0 Å². The fourth-order valence-corrected chi connectivity index (χ4v) is 5.57. The summed E-state index contributed by atoms with van der Waals surface area (Å²) in [5.74, 6) is -0.388. The van der Waals surface area contributed by atoms with E-state index in [9.17, 15) is 19.8 Å². The Kier molecular flexibility index (Phi) is 16.0. The summed E-state index contributed by atoms with van der Waals surface area (Å²) < 4.78 is 17.8. The molecule has 246 valence electrons.